The van der Waals surface area contributed by atoms with Gasteiger partial charge < -0.3 is 15.6 Å². The van der Waals surface area contributed by atoms with Gasteiger partial charge in [0.05, 0.1) is 17.7 Å². The summed E-state index contributed by atoms with van der Waals surface area (Å²) in [6.07, 6.45) is -0.908. The van der Waals surface area contributed by atoms with E-state index in [0.717, 1.165) is 5.56 Å². The van der Waals surface area contributed by atoms with Gasteiger partial charge in [0.15, 0.2) is 0 Å². The van der Waals surface area contributed by atoms with Crippen molar-refractivity contribution in [3.05, 3.63) is 63.9 Å². The van der Waals surface area contributed by atoms with Crippen LogP contribution in [0.5, 0.6) is 5.75 Å². The van der Waals surface area contributed by atoms with Crippen molar-refractivity contribution in [3.63, 3.8) is 0 Å². The number of ether oxygens (including phenoxy) is 1. The van der Waals surface area contributed by atoms with Crippen LogP contribution in [-0.4, -0.2) is 18.8 Å². The van der Waals surface area contributed by atoms with Crippen molar-refractivity contribution in [3.8, 4) is 5.75 Å². The van der Waals surface area contributed by atoms with Crippen LogP contribution in [0.3, 0.4) is 0 Å². The van der Waals surface area contributed by atoms with E-state index in [9.17, 15) is 9.50 Å². The first-order chi connectivity index (χ1) is 10.1. The highest BCUT2D eigenvalue weighted by Gasteiger charge is 2.24. The van der Waals surface area contributed by atoms with E-state index in [-0.39, 0.29) is 12.5 Å². The standard InChI is InChI=1S/C16H17BrFNO2/c1-21-15-5-3-2-4-11(15)12(9-19)16(20)10-6-7-13(17)14(18)8-10/h2-8,12,16,20H,9,19H2,1H3. The van der Waals surface area contributed by atoms with Gasteiger partial charge in [0, 0.05) is 18.0 Å². The van der Waals surface area contributed by atoms with Crippen LogP contribution in [0.4, 0.5) is 4.39 Å². The lowest BCUT2D eigenvalue weighted by Crippen LogP contribution is -2.21. The lowest BCUT2D eigenvalue weighted by molar-refractivity contribution is 0.145. The van der Waals surface area contributed by atoms with E-state index in [0.29, 0.717) is 15.8 Å². The van der Waals surface area contributed by atoms with Gasteiger partial charge in [-0.2, -0.15) is 0 Å². The zero-order chi connectivity index (χ0) is 15.4. The van der Waals surface area contributed by atoms with Crippen LogP contribution in [0.15, 0.2) is 46.9 Å². The molecular weight excluding hydrogens is 337 g/mol. The molecule has 0 radical (unpaired) electrons. The van der Waals surface area contributed by atoms with Crippen LogP contribution >= 0.6 is 15.9 Å². The summed E-state index contributed by atoms with van der Waals surface area (Å²) < 4.78 is 19.3. The molecule has 3 nitrogen and oxygen atoms in total. The van der Waals surface area contributed by atoms with Gasteiger partial charge in [-0.1, -0.05) is 24.3 Å². The van der Waals surface area contributed by atoms with Gasteiger partial charge in [-0.25, -0.2) is 4.39 Å². The molecule has 2 rings (SSSR count). The molecule has 5 heteroatoms. The normalized spacial score (nSPS) is 13.8. The van der Waals surface area contributed by atoms with Gasteiger partial charge in [-0.15, -0.1) is 0 Å². The van der Waals surface area contributed by atoms with Crippen LogP contribution in [0.25, 0.3) is 0 Å². The third-order valence-corrected chi connectivity index (χ3v) is 4.10. The zero-order valence-corrected chi connectivity index (χ0v) is 13.2. The Morgan fingerprint density at radius 3 is 2.62 bits per heavy atom. The van der Waals surface area contributed by atoms with Crippen molar-refractivity contribution in [2.45, 2.75) is 12.0 Å². The number of rotatable bonds is 5. The molecule has 0 saturated heterocycles. The third kappa shape index (κ3) is 3.43. The maximum atomic E-state index is 13.6. The minimum Gasteiger partial charge on any atom is -0.496 e. The minimum absolute atomic E-state index is 0.221. The number of halogens is 2. The molecule has 0 heterocycles. The van der Waals surface area contributed by atoms with Crippen molar-refractivity contribution in [1.82, 2.24) is 0 Å². The molecule has 0 spiro atoms. The molecule has 2 aromatic carbocycles. The molecule has 0 aliphatic carbocycles. The summed E-state index contributed by atoms with van der Waals surface area (Å²) in [5.41, 5.74) is 7.10. The highest BCUT2D eigenvalue weighted by atomic mass is 79.9. The number of benzene rings is 2. The van der Waals surface area contributed by atoms with Gasteiger partial charge in [-0.3, -0.25) is 0 Å². The maximum Gasteiger partial charge on any atom is 0.137 e. The SMILES string of the molecule is COc1ccccc1C(CN)C(O)c1ccc(Br)c(F)c1. The lowest BCUT2D eigenvalue weighted by Gasteiger charge is -2.24. The minimum atomic E-state index is -0.908. The van der Waals surface area contributed by atoms with Crippen LogP contribution < -0.4 is 10.5 Å². The number of methoxy groups -OCH3 is 1. The van der Waals surface area contributed by atoms with Gasteiger partial charge in [0.2, 0.25) is 0 Å². The van der Waals surface area contributed by atoms with Crippen LogP contribution in [0.1, 0.15) is 23.1 Å². The van der Waals surface area contributed by atoms with E-state index in [2.05, 4.69) is 15.9 Å². The number of para-hydroxylation sites is 1. The monoisotopic (exact) mass is 353 g/mol. The maximum absolute atomic E-state index is 13.6. The number of hydrogen-bond donors (Lipinski definition) is 2. The molecule has 3 N–H and O–H groups in total. The van der Waals surface area contributed by atoms with Crippen LogP contribution in [0, 0.1) is 5.82 Å². The van der Waals surface area contributed by atoms with Gasteiger partial charge in [0.1, 0.15) is 11.6 Å². The predicted molar refractivity (Wildman–Crippen MR) is 83.8 cm³/mol. The fourth-order valence-electron chi connectivity index (χ4n) is 2.33. The average molecular weight is 354 g/mol. The fourth-order valence-corrected chi connectivity index (χ4v) is 2.57. The van der Waals surface area contributed by atoms with Crippen LogP contribution in [-0.2, 0) is 0 Å². The quantitative estimate of drug-likeness (QED) is 0.866. The molecule has 112 valence electrons. The summed E-state index contributed by atoms with van der Waals surface area (Å²) in [4.78, 5) is 0. The molecule has 0 fully saturated rings. The summed E-state index contributed by atoms with van der Waals surface area (Å²) in [5, 5.41) is 10.6. The molecule has 21 heavy (non-hydrogen) atoms. The first-order valence-electron chi connectivity index (χ1n) is 6.54. The molecule has 0 aliphatic rings. The second-order valence-electron chi connectivity index (χ2n) is 4.70. The molecule has 2 atom stereocenters. The summed E-state index contributed by atoms with van der Waals surface area (Å²) >= 11 is 3.10. The molecule has 0 aliphatic heterocycles. The van der Waals surface area contributed by atoms with Crippen molar-refractivity contribution < 1.29 is 14.2 Å². The van der Waals surface area contributed by atoms with E-state index < -0.39 is 11.9 Å². The van der Waals surface area contributed by atoms with E-state index in [1.165, 1.54) is 6.07 Å². The smallest absolute Gasteiger partial charge is 0.137 e. The Kier molecular flexibility index (Phi) is 5.33. The number of aliphatic hydroxyl groups is 1. The fraction of sp³-hybridized carbons (Fsp3) is 0.250. The van der Waals surface area contributed by atoms with E-state index >= 15 is 0 Å². The Balaban J connectivity index is 2.38. The first-order valence-corrected chi connectivity index (χ1v) is 7.33. The van der Waals surface area contributed by atoms with Crippen molar-refractivity contribution in [1.29, 1.82) is 0 Å². The predicted octanol–water partition coefficient (Wildman–Crippen LogP) is 3.37. The molecule has 0 aromatic heterocycles. The largest absolute Gasteiger partial charge is 0.496 e. The highest BCUT2D eigenvalue weighted by Crippen LogP contribution is 2.36. The van der Waals surface area contributed by atoms with Gasteiger partial charge in [-0.05, 0) is 39.7 Å². The highest BCUT2D eigenvalue weighted by molar-refractivity contribution is 9.10. The first kappa shape index (κ1) is 15.9. The second kappa shape index (κ2) is 7.02. The van der Waals surface area contributed by atoms with Crippen molar-refractivity contribution >= 4 is 15.9 Å². The average Bonchev–Trinajstić information content (AvgIpc) is 2.51. The lowest BCUT2D eigenvalue weighted by atomic mass is 9.88. The third-order valence-electron chi connectivity index (χ3n) is 3.46. The Morgan fingerprint density at radius 1 is 1.29 bits per heavy atom. The topological polar surface area (TPSA) is 55.5 Å². The van der Waals surface area contributed by atoms with Crippen LogP contribution in [0.2, 0.25) is 0 Å². The Hall–Kier alpha value is -1.43. The van der Waals surface area contributed by atoms with Gasteiger partial charge in [0.25, 0.3) is 0 Å². The molecule has 0 saturated carbocycles. The molecule has 2 unspecified atom stereocenters. The molecule has 0 bridgehead atoms. The Bertz CT molecular complexity index is 621. The molecule has 2 aromatic rings. The van der Waals surface area contributed by atoms with Crippen molar-refractivity contribution in [2.75, 3.05) is 13.7 Å². The van der Waals surface area contributed by atoms with Gasteiger partial charge >= 0.3 is 0 Å². The van der Waals surface area contributed by atoms with E-state index in [1.807, 2.05) is 24.3 Å². The Labute approximate surface area is 131 Å². The molecular formula is C16H17BrFNO2. The Morgan fingerprint density at radius 2 is 2.00 bits per heavy atom. The van der Waals surface area contributed by atoms with E-state index in [1.54, 1.807) is 19.2 Å². The summed E-state index contributed by atoms with van der Waals surface area (Å²) in [5.74, 6) is -0.131. The number of hydrogen-bond acceptors (Lipinski definition) is 3. The van der Waals surface area contributed by atoms with Crippen molar-refractivity contribution in [2.24, 2.45) is 5.73 Å². The second-order valence-corrected chi connectivity index (χ2v) is 5.56. The zero-order valence-electron chi connectivity index (χ0n) is 11.6. The summed E-state index contributed by atoms with van der Waals surface area (Å²) in [6, 6.07) is 11.9. The van der Waals surface area contributed by atoms with E-state index in [4.69, 9.17) is 10.5 Å². The summed E-state index contributed by atoms with van der Waals surface area (Å²) in [7, 11) is 1.57. The number of aliphatic hydroxyl groups excluding tert-OH is 1. The molecule has 0 amide bonds. The number of nitrogens with two attached hydrogens (primary N) is 1. The summed E-state index contributed by atoms with van der Waals surface area (Å²) in [6.45, 7) is 0.221.